The van der Waals surface area contributed by atoms with Crippen LogP contribution in [-0.2, 0) is 19.1 Å². The number of amides is 2. The number of para-hydroxylation sites is 2. The maximum atomic E-state index is 12.7. The molecule has 9 heteroatoms. The van der Waals surface area contributed by atoms with Crippen LogP contribution in [-0.4, -0.2) is 46.2 Å². The Hall–Kier alpha value is -2.94. The van der Waals surface area contributed by atoms with E-state index in [2.05, 4.69) is 15.3 Å². The number of ether oxygens (including phenoxy) is 1. The van der Waals surface area contributed by atoms with Gasteiger partial charge in [-0.2, -0.15) is 0 Å². The normalized spacial score (nSPS) is 14.1. The Labute approximate surface area is 166 Å². The van der Waals surface area contributed by atoms with E-state index in [0.717, 1.165) is 23.1 Å². The molecule has 28 heavy (non-hydrogen) atoms. The highest BCUT2D eigenvalue weighted by Crippen LogP contribution is 2.29. The van der Waals surface area contributed by atoms with E-state index in [1.807, 2.05) is 19.9 Å². The molecule has 2 amide bonds. The highest BCUT2D eigenvalue weighted by atomic mass is 32.2. The van der Waals surface area contributed by atoms with Crippen LogP contribution in [0, 0.1) is 13.8 Å². The van der Waals surface area contributed by atoms with Crippen molar-refractivity contribution in [3.63, 3.8) is 0 Å². The summed E-state index contributed by atoms with van der Waals surface area (Å²) in [6, 6.07) is 8.82. The van der Waals surface area contributed by atoms with Gasteiger partial charge < -0.3 is 10.1 Å². The molecule has 1 aromatic heterocycles. The third-order valence-electron chi connectivity index (χ3n) is 3.97. The molecular weight excluding hydrogens is 380 g/mol. The first-order valence-electron chi connectivity index (χ1n) is 8.68. The van der Waals surface area contributed by atoms with Crippen molar-refractivity contribution in [3.05, 3.63) is 41.7 Å². The van der Waals surface area contributed by atoms with E-state index >= 15 is 0 Å². The highest BCUT2D eigenvalue weighted by Gasteiger charge is 2.31. The predicted molar refractivity (Wildman–Crippen MR) is 105 cm³/mol. The topological polar surface area (TPSA) is 101 Å². The van der Waals surface area contributed by atoms with Gasteiger partial charge in [0.2, 0.25) is 5.91 Å². The van der Waals surface area contributed by atoms with Crippen molar-refractivity contribution in [1.82, 2.24) is 9.97 Å². The van der Waals surface area contributed by atoms with Gasteiger partial charge in [0.15, 0.2) is 11.3 Å². The number of hydrogen-bond donors (Lipinski definition) is 1. The third kappa shape index (κ3) is 4.66. The molecule has 0 bridgehead atoms. The number of carbonyl (C=O) groups is 3. The number of anilines is 2. The van der Waals surface area contributed by atoms with Gasteiger partial charge in [-0.25, -0.2) is 9.97 Å². The molecule has 0 aliphatic carbocycles. The minimum absolute atomic E-state index is 0.0163. The molecule has 0 fully saturated rings. The van der Waals surface area contributed by atoms with E-state index in [1.54, 1.807) is 24.3 Å². The number of aryl methyl sites for hydroxylation is 2. The second-order valence-corrected chi connectivity index (χ2v) is 7.29. The van der Waals surface area contributed by atoms with Crippen molar-refractivity contribution >= 4 is 40.9 Å². The van der Waals surface area contributed by atoms with Crippen LogP contribution < -0.4 is 10.2 Å². The Kier molecular flexibility index (Phi) is 5.93. The smallest absolute Gasteiger partial charge is 0.317 e. The predicted octanol–water partition coefficient (Wildman–Crippen LogP) is 2.10. The monoisotopic (exact) mass is 400 g/mol. The highest BCUT2D eigenvalue weighted by molar-refractivity contribution is 7.99. The maximum absolute atomic E-state index is 12.7. The molecule has 1 aliphatic heterocycles. The van der Waals surface area contributed by atoms with Crippen molar-refractivity contribution in [2.75, 3.05) is 22.5 Å². The van der Waals surface area contributed by atoms with E-state index in [9.17, 15) is 14.4 Å². The van der Waals surface area contributed by atoms with Crippen LogP contribution in [0.5, 0.6) is 0 Å². The lowest BCUT2D eigenvalue weighted by Gasteiger charge is -2.30. The van der Waals surface area contributed by atoms with Crippen molar-refractivity contribution in [3.8, 4) is 0 Å². The van der Waals surface area contributed by atoms with Crippen LogP contribution in [0.4, 0.5) is 11.4 Å². The van der Waals surface area contributed by atoms with E-state index in [-0.39, 0.29) is 18.2 Å². The molecule has 1 aromatic carbocycles. The Morgan fingerprint density at radius 2 is 1.93 bits per heavy atom. The molecule has 1 atom stereocenters. The number of thioether (sulfide) groups is 1. The Balaban J connectivity index is 1.61. The molecule has 0 radical (unpaired) electrons. The number of rotatable bonds is 5. The lowest BCUT2D eigenvalue weighted by Crippen LogP contribution is -2.47. The van der Waals surface area contributed by atoms with Crippen LogP contribution in [0.3, 0.4) is 0 Å². The second kappa shape index (κ2) is 8.39. The minimum atomic E-state index is -1.02. The van der Waals surface area contributed by atoms with E-state index in [1.165, 1.54) is 11.8 Å². The van der Waals surface area contributed by atoms with Gasteiger partial charge in [0, 0.05) is 11.4 Å². The summed E-state index contributed by atoms with van der Waals surface area (Å²) in [5.74, 6) is -1.32. The van der Waals surface area contributed by atoms with Crippen LogP contribution in [0.1, 0.15) is 18.3 Å². The zero-order valence-electron chi connectivity index (χ0n) is 15.8. The summed E-state index contributed by atoms with van der Waals surface area (Å²) < 4.78 is 5.26. The molecular formula is C19H20N4O4S. The number of hydrogen-bond acceptors (Lipinski definition) is 7. The molecule has 2 heterocycles. The summed E-state index contributed by atoms with van der Waals surface area (Å²) in [6.07, 6.45) is -1.02. The summed E-state index contributed by atoms with van der Waals surface area (Å²) in [4.78, 5) is 46.6. The fourth-order valence-corrected chi connectivity index (χ4v) is 3.54. The third-order valence-corrected chi connectivity index (χ3v) is 4.79. The number of carbonyl (C=O) groups excluding carboxylic acids is 3. The van der Waals surface area contributed by atoms with Crippen molar-refractivity contribution < 1.29 is 19.1 Å². The average Bonchev–Trinajstić information content (AvgIpc) is 2.64. The van der Waals surface area contributed by atoms with Gasteiger partial charge in [-0.05, 0) is 39.0 Å². The lowest BCUT2D eigenvalue weighted by atomic mass is 10.1. The first-order chi connectivity index (χ1) is 13.3. The Morgan fingerprint density at radius 1 is 1.25 bits per heavy atom. The van der Waals surface area contributed by atoms with Gasteiger partial charge in [0.1, 0.15) is 6.54 Å². The molecule has 146 valence electrons. The first kappa shape index (κ1) is 19.8. The molecule has 1 aliphatic rings. The summed E-state index contributed by atoms with van der Waals surface area (Å²) in [7, 11) is 0. The first-order valence-corrected chi connectivity index (χ1v) is 9.67. The maximum Gasteiger partial charge on any atom is 0.317 e. The summed E-state index contributed by atoms with van der Waals surface area (Å²) >= 11 is 1.15. The average molecular weight is 400 g/mol. The molecule has 3 rings (SSSR count). The Morgan fingerprint density at radius 3 is 2.64 bits per heavy atom. The minimum Gasteiger partial charge on any atom is -0.452 e. The molecule has 2 aromatic rings. The number of esters is 1. The van der Waals surface area contributed by atoms with Crippen molar-refractivity contribution in [2.45, 2.75) is 32.0 Å². The van der Waals surface area contributed by atoms with Gasteiger partial charge in [-0.3, -0.25) is 19.3 Å². The quantitative estimate of drug-likeness (QED) is 0.466. The number of nitrogens with one attached hydrogen (secondary N) is 1. The van der Waals surface area contributed by atoms with Gasteiger partial charge in [-0.1, -0.05) is 23.9 Å². The van der Waals surface area contributed by atoms with Crippen LogP contribution in [0.15, 0.2) is 35.5 Å². The van der Waals surface area contributed by atoms with Gasteiger partial charge in [0.05, 0.1) is 17.1 Å². The molecule has 0 saturated heterocycles. The molecule has 8 nitrogen and oxygen atoms in total. The van der Waals surface area contributed by atoms with Gasteiger partial charge in [-0.15, -0.1) is 0 Å². The number of fused-ring (bicyclic) bond motifs is 1. The standard InChI is InChI=1S/C19H20N4O4S/c1-11-8-12(2)21-19(20-11)28-10-17(25)27-13(3)18(26)23-9-16(24)22-14-6-4-5-7-15(14)23/h4-8,13H,9-10H2,1-3H3,(H,22,24)/t13-/m0/s1. The second-order valence-electron chi connectivity index (χ2n) is 6.34. The zero-order valence-corrected chi connectivity index (χ0v) is 16.6. The summed E-state index contributed by atoms with van der Waals surface area (Å²) in [6.45, 7) is 5.07. The fraction of sp³-hybridized carbons (Fsp3) is 0.316. The molecule has 0 unspecified atom stereocenters. The van der Waals surface area contributed by atoms with Crippen LogP contribution in [0.25, 0.3) is 0 Å². The number of aromatic nitrogens is 2. The molecule has 0 spiro atoms. The summed E-state index contributed by atoms with van der Waals surface area (Å²) in [5, 5.41) is 3.20. The largest absolute Gasteiger partial charge is 0.452 e. The van der Waals surface area contributed by atoms with E-state index < -0.39 is 18.0 Å². The van der Waals surface area contributed by atoms with Crippen LogP contribution >= 0.6 is 11.8 Å². The molecule has 0 saturated carbocycles. The van der Waals surface area contributed by atoms with Crippen molar-refractivity contribution in [2.24, 2.45) is 0 Å². The van der Waals surface area contributed by atoms with Gasteiger partial charge in [0.25, 0.3) is 5.91 Å². The van der Waals surface area contributed by atoms with E-state index in [0.29, 0.717) is 16.5 Å². The van der Waals surface area contributed by atoms with Crippen LogP contribution in [0.2, 0.25) is 0 Å². The SMILES string of the molecule is Cc1cc(C)nc(SCC(=O)O[C@@H](C)C(=O)N2CC(=O)Nc3ccccc32)n1. The zero-order chi connectivity index (χ0) is 20.3. The fourth-order valence-electron chi connectivity index (χ4n) is 2.81. The van der Waals surface area contributed by atoms with Gasteiger partial charge >= 0.3 is 5.97 Å². The van der Waals surface area contributed by atoms with Crippen molar-refractivity contribution in [1.29, 1.82) is 0 Å². The lowest BCUT2D eigenvalue weighted by molar-refractivity contribution is -0.151. The molecule has 1 N–H and O–H groups in total. The number of nitrogens with zero attached hydrogens (tertiary/aromatic N) is 3. The van der Waals surface area contributed by atoms with E-state index in [4.69, 9.17) is 4.74 Å². The Bertz CT molecular complexity index is 914. The number of benzene rings is 1. The summed E-state index contributed by atoms with van der Waals surface area (Å²) in [5.41, 5.74) is 2.75.